The van der Waals surface area contributed by atoms with Crippen LogP contribution in [0.15, 0.2) is 54.6 Å². The Morgan fingerprint density at radius 2 is 1.31 bits per heavy atom. The van der Waals surface area contributed by atoms with Crippen LogP contribution in [0.3, 0.4) is 0 Å². The predicted octanol–water partition coefficient (Wildman–Crippen LogP) is 4.06. The second-order valence-corrected chi connectivity index (χ2v) is 3.53. The lowest BCUT2D eigenvalue weighted by Crippen LogP contribution is -1.76. The summed E-state index contributed by atoms with van der Waals surface area (Å²) in [4.78, 5) is 0. The molecule has 0 atom stereocenters. The van der Waals surface area contributed by atoms with E-state index in [0.717, 1.165) is 0 Å². The zero-order chi connectivity index (χ0) is 11.8. The highest BCUT2D eigenvalue weighted by atomic mass is 32.1. The predicted molar refractivity (Wildman–Crippen MR) is 71.2 cm³/mol. The average molecular weight is 227 g/mol. The van der Waals surface area contributed by atoms with Crippen LogP contribution in [-0.4, -0.2) is 0 Å². The average Bonchev–Trinajstić information content (AvgIpc) is 2.32. The fraction of sp³-hybridized carbons (Fsp3) is 0.0714. The Kier molecular flexibility index (Phi) is 5.18. The molecule has 0 aliphatic rings. The van der Waals surface area contributed by atoms with E-state index >= 15 is 0 Å². The largest absolute Gasteiger partial charge is 0.185 e. The van der Waals surface area contributed by atoms with E-state index < -0.39 is 0 Å². The molecular weight excluding hydrogens is 214 g/mol. The molecule has 0 spiro atoms. The molecule has 2 rings (SSSR count). The number of nitrogens with zero attached hydrogens (tertiary/aromatic N) is 1. The van der Waals surface area contributed by atoms with Crippen molar-refractivity contribution < 1.29 is 0 Å². The van der Waals surface area contributed by atoms with Crippen molar-refractivity contribution in [1.82, 2.24) is 0 Å². The molecule has 16 heavy (non-hydrogen) atoms. The van der Waals surface area contributed by atoms with Crippen LogP contribution in [0, 0.1) is 17.6 Å². The summed E-state index contributed by atoms with van der Waals surface area (Å²) >= 11 is 3.09. The van der Waals surface area contributed by atoms with Crippen molar-refractivity contribution in [2.75, 3.05) is 0 Å². The van der Waals surface area contributed by atoms with E-state index in [-0.39, 0.29) is 0 Å². The molecule has 0 heterocycles. The number of rotatable bonds is 1. The van der Waals surface area contributed by atoms with Gasteiger partial charge in [0.2, 0.25) is 0 Å². The maximum atomic E-state index is 7.18. The van der Waals surface area contributed by atoms with Crippen molar-refractivity contribution in [1.29, 1.82) is 5.26 Å². The summed E-state index contributed by atoms with van der Waals surface area (Å²) in [6, 6.07) is 19.0. The summed E-state index contributed by atoms with van der Waals surface area (Å²) in [5, 5.41) is 8.63. The summed E-state index contributed by atoms with van der Waals surface area (Å²) in [7, 11) is 0. The van der Waals surface area contributed by atoms with Gasteiger partial charge in [-0.05, 0) is 18.1 Å². The molecule has 0 amide bonds. The standard InChI is InChI=1S/C13H12.CHNS/c1-11-7-9-13(10-8-11)12-5-3-2-4-6-12;2-1-3/h2-10H,1H3;3H. The Labute approximate surface area is 102 Å². The number of hydrogen-bond donors (Lipinski definition) is 1. The molecule has 2 heteroatoms. The first-order valence-corrected chi connectivity index (χ1v) is 5.38. The number of thiocyanates is 1. The van der Waals surface area contributed by atoms with Crippen molar-refractivity contribution >= 4 is 12.6 Å². The van der Waals surface area contributed by atoms with Crippen molar-refractivity contribution in [2.24, 2.45) is 0 Å². The van der Waals surface area contributed by atoms with Crippen molar-refractivity contribution in [3.63, 3.8) is 0 Å². The van der Waals surface area contributed by atoms with Gasteiger partial charge in [-0.3, -0.25) is 0 Å². The summed E-state index contributed by atoms with van der Waals surface area (Å²) < 4.78 is 0. The highest BCUT2D eigenvalue weighted by Gasteiger charge is 1.93. The Morgan fingerprint density at radius 3 is 1.81 bits per heavy atom. The zero-order valence-electron chi connectivity index (χ0n) is 9.09. The fourth-order valence-corrected chi connectivity index (χ4v) is 1.38. The van der Waals surface area contributed by atoms with Crippen LogP contribution in [0.4, 0.5) is 0 Å². The van der Waals surface area contributed by atoms with Crippen LogP contribution in [0.1, 0.15) is 5.56 Å². The monoisotopic (exact) mass is 227 g/mol. The third-order valence-electron chi connectivity index (χ3n) is 2.16. The SMILES string of the molecule is Cc1ccc(-c2ccccc2)cc1.N#CS. The number of aryl methyl sites for hydroxylation is 1. The first kappa shape index (κ1) is 12.4. The minimum Gasteiger partial charge on any atom is -0.185 e. The van der Waals surface area contributed by atoms with Crippen LogP contribution in [0.5, 0.6) is 0 Å². The third kappa shape index (κ3) is 3.80. The van der Waals surface area contributed by atoms with Gasteiger partial charge < -0.3 is 0 Å². The van der Waals surface area contributed by atoms with Crippen molar-refractivity contribution in [3.8, 4) is 16.5 Å². The van der Waals surface area contributed by atoms with Crippen LogP contribution in [0.2, 0.25) is 0 Å². The number of hydrogen-bond acceptors (Lipinski definition) is 2. The molecule has 0 fully saturated rings. The summed E-state index contributed by atoms with van der Waals surface area (Å²) in [6.07, 6.45) is 0. The normalized spacial score (nSPS) is 8.56. The minimum absolute atomic E-state index is 1.28. The highest BCUT2D eigenvalue weighted by Crippen LogP contribution is 2.18. The molecule has 80 valence electrons. The maximum Gasteiger partial charge on any atom is 0.130 e. The van der Waals surface area contributed by atoms with Gasteiger partial charge in [-0.1, -0.05) is 72.8 Å². The number of nitriles is 1. The molecule has 0 saturated heterocycles. The molecule has 0 bridgehead atoms. The summed E-state index contributed by atoms with van der Waals surface area (Å²) in [6.45, 7) is 2.11. The maximum absolute atomic E-state index is 7.18. The van der Waals surface area contributed by atoms with Crippen LogP contribution >= 0.6 is 12.6 Å². The molecule has 0 N–H and O–H groups in total. The van der Waals surface area contributed by atoms with E-state index in [1.54, 1.807) is 0 Å². The van der Waals surface area contributed by atoms with E-state index in [1.165, 1.54) is 22.1 Å². The van der Waals surface area contributed by atoms with Crippen LogP contribution < -0.4 is 0 Å². The molecular formula is C14H13NS. The topological polar surface area (TPSA) is 23.8 Å². The molecule has 0 aromatic heterocycles. The lowest BCUT2D eigenvalue weighted by Gasteiger charge is -2.00. The molecule has 0 aliphatic heterocycles. The smallest absolute Gasteiger partial charge is 0.130 e. The second kappa shape index (κ2) is 6.71. The van der Waals surface area contributed by atoms with E-state index in [1.807, 2.05) is 6.07 Å². The molecule has 0 radical (unpaired) electrons. The van der Waals surface area contributed by atoms with Gasteiger partial charge in [-0.15, -0.1) is 0 Å². The Balaban J connectivity index is 0.000000386. The van der Waals surface area contributed by atoms with Gasteiger partial charge in [0.25, 0.3) is 0 Å². The number of benzene rings is 2. The van der Waals surface area contributed by atoms with Gasteiger partial charge in [0.1, 0.15) is 5.40 Å². The van der Waals surface area contributed by atoms with Gasteiger partial charge in [0.05, 0.1) is 0 Å². The zero-order valence-corrected chi connectivity index (χ0v) is 9.99. The lowest BCUT2D eigenvalue weighted by molar-refractivity contribution is 1.47. The third-order valence-corrected chi connectivity index (χ3v) is 2.16. The minimum atomic E-state index is 1.28. The van der Waals surface area contributed by atoms with E-state index in [0.29, 0.717) is 0 Å². The molecule has 0 aliphatic carbocycles. The van der Waals surface area contributed by atoms with Gasteiger partial charge in [-0.25, -0.2) is 0 Å². The van der Waals surface area contributed by atoms with E-state index in [2.05, 4.69) is 68.1 Å². The van der Waals surface area contributed by atoms with Gasteiger partial charge in [-0.2, -0.15) is 5.26 Å². The quantitative estimate of drug-likeness (QED) is 0.576. The summed E-state index contributed by atoms with van der Waals surface area (Å²) in [5.74, 6) is 0. The number of thiol groups is 1. The Morgan fingerprint density at radius 1 is 0.875 bits per heavy atom. The molecule has 0 saturated carbocycles. The van der Waals surface area contributed by atoms with Crippen LogP contribution in [0.25, 0.3) is 11.1 Å². The van der Waals surface area contributed by atoms with Gasteiger partial charge in [0.15, 0.2) is 0 Å². The lowest BCUT2D eigenvalue weighted by atomic mass is 10.0. The van der Waals surface area contributed by atoms with Crippen LogP contribution in [-0.2, 0) is 0 Å². The van der Waals surface area contributed by atoms with Crippen molar-refractivity contribution in [3.05, 3.63) is 60.2 Å². The molecule has 1 nitrogen and oxygen atoms in total. The molecule has 0 unspecified atom stereocenters. The highest BCUT2D eigenvalue weighted by molar-refractivity contribution is 7.85. The second-order valence-electron chi connectivity index (χ2n) is 3.33. The Hall–Kier alpha value is -1.72. The van der Waals surface area contributed by atoms with Gasteiger partial charge >= 0.3 is 0 Å². The first-order chi connectivity index (χ1) is 7.77. The first-order valence-electron chi connectivity index (χ1n) is 4.93. The van der Waals surface area contributed by atoms with Crippen molar-refractivity contribution in [2.45, 2.75) is 6.92 Å². The molecule has 2 aromatic carbocycles. The molecule has 2 aromatic rings. The van der Waals surface area contributed by atoms with E-state index in [9.17, 15) is 0 Å². The van der Waals surface area contributed by atoms with E-state index in [4.69, 9.17) is 5.26 Å². The fourth-order valence-electron chi connectivity index (χ4n) is 1.38. The van der Waals surface area contributed by atoms with Gasteiger partial charge in [0, 0.05) is 0 Å². The summed E-state index contributed by atoms with van der Waals surface area (Å²) in [5.41, 5.74) is 3.87. The Bertz CT molecular complexity index is 454.